The van der Waals surface area contributed by atoms with Gasteiger partial charge in [-0.15, -0.1) is 13.2 Å². The first-order valence-corrected chi connectivity index (χ1v) is 4.40. The molecule has 0 N–H and O–H groups in total. The summed E-state index contributed by atoms with van der Waals surface area (Å²) < 4.78 is 76.8. The van der Waals surface area contributed by atoms with Crippen molar-refractivity contribution in [1.29, 1.82) is 0 Å². The van der Waals surface area contributed by atoms with Crippen molar-refractivity contribution in [2.75, 3.05) is 0 Å². The van der Waals surface area contributed by atoms with Crippen LogP contribution in [0.25, 0.3) is 0 Å². The van der Waals surface area contributed by atoms with Crippen LogP contribution in [0.15, 0.2) is 6.20 Å². The van der Waals surface area contributed by atoms with Crippen molar-refractivity contribution in [2.24, 2.45) is 0 Å². The zero-order valence-corrected chi connectivity index (χ0v) is 8.96. The first-order valence-electron chi connectivity index (χ1n) is 4.40. The number of alkyl halides is 6. The summed E-state index contributed by atoms with van der Waals surface area (Å²) in [4.78, 5) is 12.2. The molecule has 106 valence electrons. The third-order valence-corrected chi connectivity index (χ3v) is 1.90. The molecule has 0 aromatic carbocycles. The Balaban J connectivity index is 3.59. The van der Waals surface area contributed by atoms with Crippen LogP contribution in [0.2, 0.25) is 0 Å². The fraction of sp³-hybridized carbons (Fsp3) is 0.375. The summed E-state index contributed by atoms with van der Waals surface area (Å²) in [5, 5.41) is 10.6. The molecule has 1 aromatic rings. The normalized spacial score (nSPS) is 12.4. The molecule has 0 saturated heterocycles. The third-order valence-electron chi connectivity index (χ3n) is 1.90. The molecule has 19 heavy (non-hydrogen) atoms. The fourth-order valence-corrected chi connectivity index (χ4v) is 1.21. The monoisotopic (exact) mass is 290 g/mol. The number of nitrogens with zero attached hydrogens (tertiary/aromatic N) is 2. The van der Waals surface area contributed by atoms with Crippen LogP contribution >= 0.6 is 0 Å². The Morgan fingerprint density at radius 1 is 1.26 bits per heavy atom. The van der Waals surface area contributed by atoms with Crippen LogP contribution in [-0.2, 0) is 6.18 Å². The zero-order valence-electron chi connectivity index (χ0n) is 8.96. The number of ether oxygens (including phenoxy) is 1. The molecule has 0 aliphatic carbocycles. The molecule has 1 aromatic heterocycles. The summed E-state index contributed by atoms with van der Waals surface area (Å²) in [6, 6.07) is 0. The summed E-state index contributed by atoms with van der Waals surface area (Å²) in [6.07, 6.45) is -10.7. The molecule has 5 nitrogen and oxygen atoms in total. The van der Waals surface area contributed by atoms with Crippen LogP contribution in [-0.4, -0.2) is 16.3 Å². The van der Waals surface area contributed by atoms with E-state index < -0.39 is 40.2 Å². The van der Waals surface area contributed by atoms with Crippen molar-refractivity contribution in [3.63, 3.8) is 0 Å². The predicted octanol–water partition coefficient (Wildman–Crippen LogP) is 3.22. The average molecular weight is 290 g/mol. The van der Waals surface area contributed by atoms with E-state index >= 15 is 0 Å². The summed E-state index contributed by atoms with van der Waals surface area (Å²) in [7, 11) is 0. The van der Waals surface area contributed by atoms with Crippen molar-refractivity contribution >= 4 is 5.69 Å². The molecule has 0 fully saturated rings. The molecule has 0 radical (unpaired) electrons. The number of aromatic nitrogens is 1. The van der Waals surface area contributed by atoms with Crippen LogP contribution in [0.5, 0.6) is 5.75 Å². The molecule has 0 aliphatic rings. The van der Waals surface area contributed by atoms with E-state index in [0.717, 1.165) is 6.92 Å². The van der Waals surface area contributed by atoms with Gasteiger partial charge in [0.25, 0.3) is 0 Å². The Morgan fingerprint density at radius 2 is 1.79 bits per heavy atom. The van der Waals surface area contributed by atoms with Gasteiger partial charge in [0.15, 0.2) is 0 Å². The molecular formula is C8H4F6N2O3. The van der Waals surface area contributed by atoms with Gasteiger partial charge < -0.3 is 4.74 Å². The molecule has 11 heteroatoms. The number of rotatable bonds is 2. The second kappa shape index (κ2) is 4.55. The number of aryl methyl sites for hydroxylation is 1. The maximum absolute atomic E-state index is 12.5. The Bertz CT molecular complexity index is 510. The Labute approximate surface area is 101 Å². The highest BCUT2D eigenvalue weighted by Gasteiger charge is 2.44. The highest BCUT2D eigenvalue weighted by molar-refractivity contribution is 5.54. The van der Waals surface area contributed by atoms with Gasteiger partial charge in [-0.3, -0.25) is 15.1 Å². The Hall–Kier alpha value is -2.07. The van der Waals surface area contributed by atoms with Gasteiger partial charge >= 0.3 is 18.2 Å². The molecule has 0 unspecified atom stereocenters. The van der Waals surface area contributed by atoms with E-state index in [0.29, 0.717) is 0 Å². The molecule has 1 heterocycles. The van der Waals surface area contributed by atoms with Gasteiger partial charge in [-0.05, 0) is 6.92 Å². The van der Waals surface area contributed by atoms with E-state index in [1.807, 2.05) is 0 Å². The Morgan fingerprint density at radius 3 is 2.16 bits per heavy atom. The van der Waals surface area contributed by atoms with E-state index in [9.17, 15) is 36.5 Å². The highest BCUT2D eigenvalue weighted by Crippen LogP contribution is 2.44. The second-order valence-electron chi connectivity index (χ2n) is 3.24. The van der Waals surface area contributed by atoms with Gasteiger partial charge in [-0.1, -0.05) is 0 Å². The smallest absolute Gasteiger partial charge is 0.398 e. The van der Waals surface area contributed by atoms with E-state index in [4.69, 9.17) is 0 Å². The second-order valence-corrected chi connectivity index (χ2v) is 3.24. The zero-order chi connectivity index (χ0) is 15.0. The number of hydrogen-bond donors (Lipinski definition) is 0. The first-order chi connectivity index (χ1) is 8.43. The lowest BCUT2D eigenvalue weighted by Gasteiger charge is -2.15. The molecule has 0 saturated carbocycles. The maximum Gasteiger partial charge on any atom is 0.573 e. The topological polar surface area (TPSA) is 65.3 Å². The van der Waals surface area contributed by atoms with Gasteiger partial charge in [0.2, 0.25) is 5.75 Å². The lowest BCUT2D eigenvalue weighted by Crippen LogP contribution is -2.21. The minimum absolute atomic E-state index is 0.0450. The quantitative estimate of drug-likeness (QED) is 0.476. The molecule has 0 aliphatic heterocycles. The van der Waals surface area contributed by atoms with Gasteiger partial charge in [0.1, 0.15) is 11.3 Å². The van der Waals surface area contributed by atoms with E-state index in [1.165, 1.54) is 0 Å². The lowest BCUT2D eigenvalue weighted by molar-refractivity contribution is -0.390. The molecule has 0 atom stereocenters. The molecular weight excluding hydrogens is 286 g/mol. The van der Waals surface area contributed by atoms with Gasteiger partial charge in [-0.2, -0.15) is 13.2 Å². The van der Waals surface area contributed by atoms with Crippen molar-refractivity contribution in [1.82, 2.24) is 4.98 Å². The lowest BCUT2D eigenvalue weighted by atomic mass is 10.2. The molecule has 0 bridgehead atoms. The average Bonchev–Trinajstić information content (AvgIpc) is 2.11. The maximum atomic E-state index is 12.5. The molecule has 0 amide bonds. The van der Waals surface area contributed by atoms with Crippen LogP contribution in [0, 0.1) is 17.0 Å². The molecule has 0 spiro atoms. The van der Waals surface area contributed by atoms with Gasteiger partial charge in [0.05, 0.1) is 4.92 Å². The number of hydrogen-bond acceptors (Lipinski definition) is 4. The number of nitro groups is 1. The van der Waals surface area contributed by atoms with Crippen LogP contribution in [0.4, 0.5) is 32.0 Å². The van der Waals surface area contributed by atoms with E-state index in [2.05, 4.69) is 9.72 Å². The highest BCUT2D eigenvalue weighted by atomic mass is 19.4. The van der Waals surface area contributed by atoms with E-state index in [1.54, 1.807) is 0 Å². The Kier molecular flexibility index (Phi) is 3.59. The van der Waals surface area contributed by atoms with Crippen LogP contribution < -0.4 is 4.74 Å². The van der Waals surface area contributed by atoms with Crippen molar-refractivity contribution in [3.05, 3.63) is 27.6 Å². The molecule has 1 rings (SSSR count). The standard InChI is InChI=1S/C8H4F6N2O3/c1-3-5(16(17)18)6(19-8(12,13)14)4(2-15-3)7(9,10)11/h2H,1H3. The minimum Gasteiger partial charge on any atom is -0.398 e. The summed E-state index contributed by atoms with van der Waals surface area (Å²) in [5.41, 5.74) is -4.08. The third kappa shape index (κ3) is 3.45. The van der Waals surface area contributed by atoms with Crippen LogP contribution in [0.3, 0.4) is 0 Å². The summed E-state index contributed by atoms with van der Waals surface area (Å²) in [5.74, 6) is -1.92. The number of pyridine rings is 1. The van der Waals surface area contributed by atoms with E-state index in [-0.39, 0.29) is 6.20 Å². The van der Waals surface area contributed by atoms with Gasteiger partial charge in [0, 0.05) is 6.20 Å². The summed E-state index contributed by atoms with van der Waals surface area (Å²) in [6.45, 7) is 0.890. The van der Waals surface area contributed by atoms with Gasteiger partial charge in [-0.25, -0.2) is 0 Å². The SMILES string of the molecule is Cc1ncc(C(F)(F)F)c(OC(F)(F)F)c1[N+](=O)[O-]. The van der Waals surface area contributed by atoms with Crippen molar-refractivity contribution in [2.45, 2.75) is 19.5 Å². The fourth-order valence-electron chi connectivity index (χ4n) is 1.21. The predicted molar refractivity (Wildman–Crippen MR) is 47.3 cm³/mol. The largest absolute Gasteiger partial charge is 0.573 e. The minimum atomic E-state index is -5.50. The van der Waals surface area contributed by atoms with Crippen LogP contribution in [0.1, 0.15) is 11.3 Å². The summed E-state index contributed by atoms with van der Waals surface area (Å²) >= 11 is 0. The number of halogens is 6. The van der Waals surface area contributed by atoms with Crippen molar-refractivity contribution < 1.29 is 36.0 Å². The first kappa shape index (κ1) is 15.0. The van der Waals surface area contributed by atoms with Crippen molar-refractivity contribution in [3.8, 4) is 5.75 Å².